The molecule has 0 unspecified atom stereocenters. The molecule has 0 aliphatic heterocycles. The summed E-state index contributed by atoms with van der Waals surface area (Å²) in [4.78, 5) is 11.6. The number of halogens is 1. The van der Waals surface area contributed by atoms with E-state index in [9.17, 15) is 4.79 Å². The van der Waals surface area contributed by atoms with Crippen molar-refractivity contribution >= 4 is 23.2 Å². The first-order valence-electron chi connectivity index (χ1n) is 5.61. The Bertz CT molecular complexity index is 455. The zero-order valence-corrected chi connectivity index (χ0v) is 11.0. The van der Waals surface area contributed by atoms with Gasteiger partial charge in [0, 0.05) is 18.0 Å². The van der Waals surface area contributed by atoms with E-state index in [4.69, 9.17) is 21.6 Å². The lowest BCUT2D eigenvalue weighted by atomic mass is 10.1. The van der Waals surface area contributed by atoms with E-state index in [1.165, 1.54) is 0 Å². The molecule has 0 atom stereocenters. The number of carbonyl (C=O) groups is 1. The molecule has 0 radical (unpaired) electrons. The number of methoxy groups -OCH3 is 1. The number of nitriles is 1. The van der Waals surface area contributed by atoms with Crippen molar-refractivity contribution in [3.63, 3.8) is 0 Å². The molecule has 1 aromatic rings. The first-order chi connectivity index (χ1) is 8.71. The van der Waals surface area contributed by atoms with Crippen molar-refractivity contribution in [2.24, 2.45) is 0 Å². The summed E-state index contributed by atoms with van der Waals surface area (Å²) in [5.41, 5.74) is 1.40. The Balaban J connectivity index is 2.81. The third-order valence-electron chi connectivity index (χ3n) is 2.39. The number of hydrogen-bond acceptors (Lipinski definition) is 3. The summed E-state index contributed by atoms with van der Waals surface area (Å²) >= 11 is 5.53. The highest BCUT2D eigenvalue weighted by Crippen LogP contribution is 2.22. The van der Waals surface area contributed by atoms with E-state index in [1.54, 1.807) is 25.3 Å². The summed E-state index contributed by atoms with van der Waals surface area (Å²) in [5.74, 6) is 1.03. The predicted octanol–water partition coefficient (Wildman–Crippen LogP) is 2.72. The highest BCUT2D eigenvalue weighted by atomic mass is 35.5. The Kier molecular flexibility index (Phi) is 6.03. The first kappa shape index (κ1) is 14.3. The van der Waals surface area contributed by atoms with Crippen LogP contribution in [-0.2, 0) is 11.2 Å². The van der Waals surface area contributed by atoms with E-state index in [1.807, 2.05) is 0 Å². The molecule has 1 N–H and O–H groups in total. The molecule has 18 heavy (non-hydrogen) atoms. The lowest BCUT2D eigenvalue weighted by Gasteiger charge is -2.10. The number of nitrogens with zero attached hydrogens (tertiary/aromatic N) is 1. The van der Waals surface area contributed by atoms with Crippen LogP contribution in [0, 0.1) is 11.3 Å². The fourth-order valence-electron chi connectivity index (χ4n) is 1.49. The van der Waals surface area contributed by atoms with Crippen molar-refractivity contribution in [3.05, 3.63) is 23.8 Å². The van der Waals surface area contributed by atoms with Gasteiger partial charge in [-0.15, -0.1) is 11.6 Å². The second-order valence-electron chi connectivity index (χ2n) is 3.70. The average Bonchev–Trinajstić information content (AvgIpc) is 2.38. The number of rotatable bonds is 6. The smallest absolute Gasteiger partial charge is 0.224 e. The molecule has 0 heterocycles. The molecule has 1 rings (SSSR count). The average molecular weight is 267 g/mol. The minimum atomic E-state index is -0.0972. The van der Waals surface area contributed by atoms with Crippen molar-refractivity contribution in [1.82, 2.24) is 0 Å². The third-order valence-corrected chi connectivity index (χ3v) is 2.66. The van der Waals surface area contributed by atoms with Crippen LogP contribution in [0.5, 0.6) is 5.75 Å². The topological polar surface area (TPSA) is 62.1 Å². The Labute approximate surface area is 112 Å². The summed E-state index contributed by atoms with van der Waals surface area (Å²) in [6.45, 7) is 0. The maximum Gasteiger partial charge on any atom is 0.224 e. The molecular weight excluding hydrogens is 252 g/mol. The number of ether oxygens (including phenoxy) is 1. The number of benzene rings is 1. The van der Waals surface area contributed by atoms with Gasteiger partial charge in [-0.05, 0) is 30.2 Å². The zero-order chi connectivity index (χ0) is 13.4. The van der Waals surface area contributed by atoms with Gasteiger partial charge >= 0.3 is 0 Å². The van der Waals surface area contributed by atoms with Gasteiger partial charge in [0.2, 0.25) is 5.91 Å². The molecule has 96 valence electrons. The largest absolute Gasteiger partial charge is 0.497 e. The summed E-state index contributed by atoms with van der Waals surface area (Å²) in [6.07, 6.45) is 1.24. The van der Waals surface area contributed by atoms with Crippen molar-refractivity contribution in [1.29, 1.82) is 5.26 Å². The van der Waals surface area contributed by atoms with Gasteiger partial charge in [-0.25, -0.2) is 0 Å². The molecule has 0 saturated carbocycles. The molecule has 0 aliphatic carbocycles. The van der Waals surface area contributed by atoms with Crippen LogP contribution < -0.4 is 10.1 Å². The van der Waals surface area contributed by atoms with Gasteiger partial charge in [0.05, 0.1) is 19.6 Å². The molecule has 1 aromatic carbocycles. The minimum Gasteiger partial charge on any atom is -0.497 e. The van der Waals surface area contributed by atoms with E-state index < -0.39 is 0 Å². The van der Waals surface area contributed by atoms with E-state index in [-0.39, 0.29) is 12.3 Å². The van der Waals surface area contributed by atoms with Crippen LogP contribution in [0.3, 0.4) is 0 Å². The van der Waals surface area contributed by atoms with E-state index in [0.29, 0.717) is 30.2 Å². The van der Waals surface area contributed by atoms with E-state index >= 15 is 0 Å². The molecule has 0 bridgehead atoms. The molecule has 0 spiro atoms. The number of amides is 1. The molecule has 4 nitrogen and oxygen atoms in total. The monoisotopic (exact) mass is 266 g/mol. The number of alkyl halides is 1. The maximum absolute atomic E-state index is 11.6. The lowest BCUT2D eigenvalue weighted by molar-refractivity contribution is -0.116. The number of nitrogens with one attached hydrogen (secondary N) is 1. The quantitative estimate of drug-likeness (QED) is 0.806. The van der Waals surface area contributed by atoms with Gasteiger partial charge in [0.1, 0.15) is 5.75 Å². The summed E-state index contributed by atoms with van der Waals surface area (Å²) in [6, 6.07) is 7.30. The van der Waals surface area contributed by atoms with Crippen molar-refractivity contribution in [2.75, 3.05) is 18.3 Å². The number of carbonyl (C=O) groups excluding carboxylic acids is 1. The summed E-state index contributed by atoms with van der Waals surface area (Å²) in [5, 5.41) is 11.5. The SMILES string of the molecule is COc1ccc(NC(=O)CCCCl)c(CC#N)c1. The molecule has 0 fully saturated rings. The predicted molar refractivity (Wildman–Crippen MR) is 70.9 cm³/mol. The Morgan fingerprint density at radius 3 is 2.94 bits per heavy atom. The highest BCUT2D eigenvalue weighted by Gasteiger charge is 2.08. The summed E-state index contributed by atoms with van der Waals surface area (Å²) < 4.78 is 5.09. The molecule has 0 saturated heterocycles. The molecule has 0 aliphatic rings. The Morgan fingerprint density at radius 1 is 1.56 bits per heavy atom. The lowest BCUT2D eigenvalue weighted by Crippen LogP contribution is -2.12. The van der Waals surface area contributed by atoms with E-state index in [0.717, 1.165) is 5.56 Å². The van der Waals surface area contributed by atoms with Crippen LogP contribution in [0.15, 0.2) is 18.2 Å². The first-order valence-corrected chi connectivity index (χ1v) is 6.14. The van der Waals surface area contributed by atoms with Gasteiger partial charge in [0.25, 0.3) is 0 Å². The van der Waals surface area contributed by atoms with Crippen molar-refractivity contribution < 1.29 is 9.53 Å². The van der Waals surface area contributed by atoms with Gasteiger partial charge in [-0.1, -0.05) is 0 Å². The Morgan fingerprint density at radius 2 is 2.33 bits per heavy atom. The second-order valence-corrected chi connectivity index (χ2v) is 4.08. The zero-order valence-electron chi connectivity index (χ0n) is 10.2. The van der Waals surface area contributed by atoms with Crippen LogP contribution in [0.4, 0.5) is 5.69 Å². The van der Waals surface area contributed by atoms with Crippen molar-refractivity contribution in [3.8, 4) is 11.8 Å². The fourth-order valence-corrected chi connectivity index (χ4v) is 1.62. The minimum absolute atomic E-state index is 0.0972. The molecule has 1 amide bonds. The van der Waals surface area contributed by atoms with Gasteiger partial charge < -0.3 is 10.1 Å². The van der Waals surface area contributed by atoms with Gasteiger partial charge in [0.15, 0.2) is 0 Å². The standard InChI is InChI=1S/C13H15ClN2O2/c1-18-11-4-5-12(10(9-11)6-8-15)16-13(17)3-2-7-14/h4-5,9H,2-3,6-7H2,1H3,(H,16,17). The van der Waals surface area contributed by atoms with Crippen LogP contribution >= 0.6 is 11.6 Å². The molecule has 0 aromatic heterocycles. The van der Waals surface area contributed by atoms with E-state index in [2.05, 4.69) is 11.4 Å². The van der Waals surface area contributed by atoms with Crippen LogP contribution in [0.25, 0.3) is 0 Å². The Hall–Kier alpha value is -1.73. The van der Waals surface area contributed by atoms with Crippen molar-refractivity contribution in [2.45, 2.75) is 19.3 Å². The third kappa shape index (κ3) is 4.27. The fraction of sp³-hybridized carbons (Fsp3) is 0.385. The van der Waals surface area contributed by atoms with Gasteiger partial charge in [-0.3, -0.25) is 4.79 Å². The molecule has 5 heteroatoms. The van der Waals surface area contributed by atoms with Gasteiger partial charge in [-0.2, -0.15) is 5.26 Å². The number of hydrogen-bond donors (Lipinski definition) is 1. The highest BCUT2D eigenvalue weighted by molar-refractivity contribution is 6.18. The summed E-state index contributed by atoms with van der Waals surface area (Å²) in [7, 11) is 1.56. The molecular formula is C13H15ClN2O2. The van der Waals surface area contributed by atoms with Crippen LogP contribution in [0.1, 0.15) is 18.4 Å². The maximum atomic E-state index is 11.6. The normalized spacial score (nSPS) is 9.61. The van der Waals surface area contributed by atoms with Crippen LogP contribution in [0.2, 0.25) is 0 Å². The van der Waals surface area contributed by atoms with Crippen LogP contribution in [-0.4, -0.2) is 18.9 Å². The second kappa shape index (κ2) is 7.57. The number of anilines is 1.